The molecule has 4 aliphatic carbocycles. The normalized spacial score (nSPS) is 44.9. The van der Waals surface area contributed by atoms with Gasteiger partial charge in [-0.1, -0.05) is 6.08 Å². The van der Waals surface area contributed by atoms with Crippen molar-refractivity contribution in [1.29, 1.82) is 0 Å². The molecular weight excluding hydrogens is 206 g/mol. The Morgan fingerprint density at radius 3 is 2.12 bits per heavy atom. The van der Waals surface area contributed by atoms with E-state index in [-0.39, 0.29) is 0 Å². The Morgan fingerprint density at radius 1 is 1.12 bits per heavy atom. The van der Waals surface area contributed by atoms with E-state index in [0.717, 1.165) is 24.2 Å². The third-order valence-corrected chi connectivity index (χ3v) is 5.80. The molecule has 4 rings (SSSR count). The molecular formula is C16H27N. The summed E-state index contributed by atoms with van der Waals surface area (Å²) in [6.45, 7) is 3.81. The molecule has 0 heterocycles. The van der Waals surface area contributed by atoms with Crippen LogP contribution in [0, 0.1) is 23.2 Å². The number of hydrogen-bond acceptors (Lipinski definition) is 1. The Labute approximate surface area is 106 Å². The second-order valence-corrected chi connectivity index (χ2v) is 7.11. The van der Waals surface area contributed by atoms with Gasteiger partial charge in [0.15, 0.2) is 0 Å². The van der Waals surface area contributed by atoms with Crippen LogP contribution in [0.3, 0.4) is 0 Å². The van der Waals surface area contributed by atoms with Crippen LogP contribution in [-0.2, 0) is 0 Å². The Balaban J connectivity index is 1.66. The van der Waals surface area contributed by atoms with E-state index >= 15 is 0 Å². The van der Waals surface area contributed by atoms with E-state index in [4.69, 9.17) is 5.73 Å². The average molecular weight is 233 g/mol. The van der Waals surface area contributed by atoms with Gasteiger partial charge in [0, 0.05) is 6.04 Å². The summed E-state index contributed by atoms with van der Waals surface area (Å²) >= 11 is 0. The summed E-state index contributed by atoms with van der Waals surface area (Å²) in [5.41, 5.74) is 7.13. The zero-order valence-electron chi connectivity index (χ0n) is 11.0. The van der Waals surface area contributed by atoms with Gasteiger partial charge in [-0.25, -0.2) is 0 Å². The minimum Gasteiger partial charge on any atom is -0.327 e. The second-order valence-electron chi connectivity index (χ2n) is 7.11. The van der Waals surface area contributed by atoms with Crippen LogP contribution >= 0.6 is 0 Å². The van der Waals surface area contributed by atoms with Crippen molar-refractivity contribution in [2.24, 2.45) is 28.9 Å². The first-order chi connectivity index (χ1) is 8.22. The number of unbranched alkanes of at least 4 members (excludes halogenated alkanes) is 1. The minimum absolute atomic E-state index is 0.468. The molecule has 1 nitrogen and oxygen atoms in total. The molecule has 0 amide bonds. The van der Waals surface area contributed by atoms with Crippen molar-refractivity contribution in [2.75, 3.05) is 0 Å². The molecule has 4 saturated carbocycles. The fraction of sp³-hybridized carbons (Fsp3) is 0.875. The third kappa shape index (κ3) is 2.07. The number of nitrogens with two attached hydrogens (primary N) is 1. The maximum Gasteiger partial charge on any atom is 0.00959 e. The zero-order chi connectivity index (χ0) is 11.9. The van der Waals surface area contributed by atoms with Gasteiger partial charge in [0.05, 0.1) is 0 Å². The molecule has 0 radical (unpaired) electrons. The molecule has 4 bridgehead atoms. The molecule has 0 aliphatic heterocycles. The summed E-state index contributed by atoms with van der Waals surface area (Å²) in [6.07, 6.45) is 14.6. The Morgan fingerprint density at radius 2 is 1.65 bits per heavy atom. The van der Waals surface area contributed by atoms with Crippen LogP contribution in [-0.4, -0.2) is 6.04 Å². The molecule has 1 unspecified atom stereocenters. The average Bonchev–Trinajstić information content (AvgIpc) is 2.27. The van der Waals surface area contributed by atoms with Crippen molar-refractivity contribution < 1.29 is 0 Å². The highest BCUT2D eigenvalue weighted by molar-refractivity contribution is 5.05. The third-order valence-electron chi connectivity index (χ3n) is 5.80. The summed E-state index contributed by atoms with van der Waals surface area (Å²) < 4.78 is 0. The van der Waals surface area contributed by atoms with E-state index in [9.17, 15) is 0 Å². The van der Waals surface area contributed by atoms with Gasteiger partial charge in [-0.05, 0) is 81.0 Å². The summed E-state index contributed by atoms with van der Waals surface area (Å²) in [5, 5.41) is 0. The fourth-order valence-electron chi connectivity index (χ4n) is 5.42. The molecule has 96 valence electrons. The molecule has 0 saturated heterocycles. The first kappa shape index (κ1) is 11.8. The standard InChI is InChI=1S/C16H27N/c1-2-3-4-5-15(17)16-9-12-6-13(10-16)8-14(7-12)11-16/h2,12-15H,1,3-11,17H2. The molecule has 4 aliphatic rings. The number of hydrogen-bond donors (Lipinski definition) is 1. The van der Waals surface area contributed by atoms with Crippen LogP contribution in [0.4, 0.5) is 0 Å². The van der Waals surface area contributed by atoms with Gasteiger partial charge < -0.3 is 5.73 Å². The fourth-order valence-corrected chi connectivity index (χ4v) is 5.42. The molecule has 0 spiro atoms. The minimum atomic E-state index is 0.468. The zero-order valence-corrected chi connectivity index (χ0v) is 11.0. The van der Waals surface area contributed by atoms with Gasteiger partial charge in [-0.2, -0.15) is 0 Å². The Hall–Kier alpha value is -0.300. The van der Waals surface area contributed by atoms with Crippen molar-refractivity contribution in [3.8, 4) is 0 Å². The lowest BCUT2D eigenvalue weighted by Gasteiger charge is -2.59. The molecule has 0 aromatic rings. The highest BCUT2D eigenvalue weighted by Crippen LogP contribution is 2.61. The van der Waals surface area contributed by atoms with Gasteiger partial charge in [0.2, 0.25) is 0 Å². The van der Waals surface area contributed by atoms with Gasteiger partial charge in [-0.15, -0.1) is 6.58 Å². The predicted molar refractivity (Wildman–Crippen MR) is 72.6 cm³/mol. The van der Waals surface area contributed by atoms with Gasteiger partial charge in [0.1, 0.15) is 0 Å². The van der Waals surface area contributed by atoms with Crippen LogP contribution in [0.15, 0.2) is 12.7 Å². The van der Waals surface area contributed by atoms with Crippen LogP contribution in [0.5, 0.6) is 0 Å². The van der Waals surface area contributed by atoms with E-state index in [2.05, 4.69) is 6.58 Å². The molecule has 0 aromatic carbocycles. The van der Waals surface area contributed by atoms with Crippen LogP contribution in [0.25, 0.3) is 0 Å². The smallest absolute Gasteiger partial charge is 0.00959 e. The maximum absolute atomic E-state index is 6.58. The lowest BCUT2D eigenvalue weighted by molar-refractivity contribution is -0.0683. The van der Waals surface area contributed by atoms with Crippen LogP contribution in [0.1, 0.15) is 57.8 Å². The lowest BCUT2D eigenvalue weighted by Crippen LogP contribution is -2.54. The Bertz CT molecular complexity index is 259. The molecule has 17 heavy (non-hydrogen) atoms. The van der Waals surface area contributed by atoms with E-state index < -0.39 is 0 Å². The summed E-state index contributed by atoms with van der Waals surface area (Å²) in [4.78, 5) is 0. The number of allylic oxidation sites excluding steroid dienone is 1. The predicted octanol–water partition coefficient (Wildman–Crippen LogP) is 3.89. The van der Waals surface area contributed by atoms with E-state index in [0.29, 0.717) is 11.5 Å². The van der Waals surface area contributed by atoms with Crippen molar-refractivity contribution in [3.63, 3.8) is 0 Å². The van der Waals surface area contributed by atoms with Gasteiger partial charge in [-0.3, -0.25) is 0 Å². The van der Waals surface area contributed by atoms with Crippen LogP contribution < -0.4 is 5.73 Å². The van der Waals surface area contributed by atoms with E-state index in [1.54, 1.807) is 0 Å². The first-order valence-corrected chi connectivity index (χ1v) is 7.58. The summed E-state index contributed by atoms with van der Waals surface area (Å²) in [6, 6.07) is 0.468. The van der Waals surface area contributed by atoms with Gasteiger partial charge in [0.25, 0.3) is 0 Å². The highest BCUT2D eigenvalue weighted by Gasteiger charge is 2.52. The molecule has 1 atom stereocenters. The SMILES string of the molecule is C=CCCCC(N)C12CC3CC(CC(C3)C1)C2. The largest absolute Gasteiger partial charge is 0.327 e. The van der Waals surface area contributed by atoms with E-state index in [1.807, 2.05) is 6.08 Å². The molecule has 0 aromatic heterocycles. The first-order valence-electron chi connectivity index (χ1n) is 7.58. The van der Waals surface area contributed by atoms with E-state index in [1.165, 1.54) is 51.4 Å². The van der Waals surface area contributed by atoms with Crippen molar-refractivity contribution in [3.05, 3.63) is 12.7 Å². The van der Waals surface area contributed by atoms with Gasteiger partial charge >= 0.3 is 0 Å². The second kappa shape index (κ2) is 4.42. The topological polar surface area (TPSA) is 26.0 Å². The monoisotopic (exact) mass is 233 g/mol. The molecule has 1 heteroatoms. The number of rotatable bonds is 5. The molecule has 4 fully saturated rings. The molecule has 2 N–H and O–H groups in total. The lowest BCUT2D eigenvalue weighted by atomic mass is 9.47. The van der Waals surface area contributed by atoms with Crippen LogP contribution in [0.2, 0.25) is 0 Å². The summed E-state index contributed by atoms with van der Waals surface area (Å²) in [7, 11) is 0. The Kier molecular flexibility index (Phi) is 3.06. The van der Waals surface area contributed by atoms with Crippen molar-refractivity contribution in [1.82, 2.24) is 0 Å². The highest BCUT2D eigenvalue weighted by atomic mass is 14.7. The van der Waals surface area contributed by atoms with Crippen molar-refractivity contribution >= 4 is 0 Å². The summed E-state index contributed by atoms with van der Waals surface area (Å²) in [5.74, 6) is 3.10. The quantitative estimate of drug-likeness (QED) is 0.566. The van der Waals surface area contributed by atoms with Crippen molar-refractivity contribution in [2.45, 2.75) is 63.8 Å². The maximum atomic E-state index is 6.58.